The molecule has 4 aromatic rings. The van der Waals surface area contributed by atoms with Crippen LogP contribution in [0.25, 0.3) is 11.1 Å². The van der Waals surface area contributed by atoms with Crippen LogP contribution in [0, 0.1) is 20.8 Å². The van der Waals surface area contributed by atoms with E-state index in [1.165, 1.54) is 12.1 Å². The molecular weight excluding hydrogens is 620 g/mol. The van der Waals surface area contributed by atoms with Gasteiger partial charge in [-0.25, -0.2) is 0 Å². The summed E-state index contributed by atoms with van der Waals surface area (Å²) in [5, 5.41) is 26.4. The third-order valence-corrected chi connectivity index (χ3v) is 9.31. The van der Waals surface area contributed by atoms with Crippen LogP contribution in [0.15, 0.2) is 59.4 Å². The van der Waals surface area contributed by atoms with E-state index in [-0.39, 0.29) is 47.0 Å². The molecule has 2 heterocycles. The van der Waals surface area contributed by atoms with Gasteiger partial charge in [0.25, 0.3) is 17.4 Å². The molecule has 3 aromatic carbocycles. The largest absolute Gasteiger partial charge is 0.508 e. The van der Waals surface area contributed by atoms with Crippen molar-refractivity contribution in [3.8, 4) is 22.6 Å². The number of hydrogen-bond acceptors (Lipinski definition) is 7. The molecule has 0 spiro atoms. The van der Waals surface area contributed by atoms with Crippen molar-refractivity contribution in [1.29, 1.82) is 0 Å². The Morgan fingerprint density at radius 1 is 0.918 bits per heavy atom. The van der Waals surface area contributed by atoms with Gasteiger partial charge in [-0.2, -0.15) is 0 Å². The molecule has 0 radical (unpaired) electrons. The zero-order valence-corrected chi connectivity index (χ0v) is 29.1. The lowest BCUT2D eigenvalue weighted by Crippen LogP contribution is -2.40. The van der Waals surface area contributed by atoms with Crippen molar-refractivity contribution in [3.05, 3.63) is 104 Å². The molecule has 0 atom stereocenters. The first-order valence-electron chi connectivity index (χ1n) is 16.8. The van der Waals surface area contributed by atoms with Gasteiger partial charge in [0.05, 0.1) is 5.56 Å². The van der Waals surface area contributed by atoms with Crippen LogP contribution < -0.4 is 21.1 Å². The molecule has 1 fully saturated rings. The quantitative estimate of drug-likeness (QED) is 0.127. The van der Waals surface area contributed by atoms with Gasteiger partial charge in [-0.3, -0.25) is 14.4 Å². The Kier molecular flexibility index (Phi) is 10.8. The van der Waals surface area contributed by atoms with Gasteiger partial charge >= 0.3 is 0 Å². The van der Waals surface area contributed by atoms with E-state index in [1.807, 2.05) is 58.9 Å². The predicted molar refractivity (Wildman–Crippen MR) is 193 cm³/mol. The molecule has 0 bridgehead atoms. The topological polar surface area (TPSA) is 144 Å². The second-order valence-electron chi connectivity index (χ2n) is 13.0. The molecular formula is C39H46N4O6. The minimum absolute atomic E-state index is 0.0396. The summed E-state index contributed by atoms with van der Waals surface area (Å²) in [5.41, 5.74) is 7.04. The van der Waals surface area contributed by atoms with E-state index in [9.17, 15) is 24.6 Å². The van der Waals surface area contributed by atoms with Gasteiger partial charge in [0.2, 0.25) is 0 Å². The van der Waals surface area contributed by atoms with Crippen LogP contribution in [-0.4, -0.2) is 52.8 Å². The standard InChI is InChI=1S/C39H46N4O6/c1-7-43(29-12-14-49-15-13-29)34-18-27(17-31(25(34)6)37(46)40-21-33-23(4)16-24(5)41-39(33)48)26-8-10-28(11-9-26)42-38(47)32-19-30(22(2)3)35(44)20-36(32)45/h8-11,16-20,22,29,44-45H,7,12-15,21H2,1-6H3,(H,40,46)(H,41,48)(H,42,47). The number of aromatic nitrogens is 1. The summed E-state index contributed by atoms with van der Waals surface area (Å²) in [5.74, 6) is -1.18. The maximum atomic E-state index is 13.8. The van der Waals surface area contributed by atoms with Crippen molar-refractivity contribution in [2.45, 2.75) is 72.9 Å². The van der Waals surface area contributed by atoms with Crippen LogP contribution in [-0.2, 0) is 11.3 Å². The maximum Gasteiger partial charge on any atom is 0.259 e. The number of nitrogens with one attached hydrogen (secondary N) is 3. The van der Waals surface area contributed by atoms with Crippen LogP contribution in [0.1, 0.15) is 88.2 Å². The number of pyridine rings is 1. The molecule has 2 amide bonds. The Hall–Kier alpha value is -5.09. The zero-order valence-electron chi connectivity index (χ0n) is 29.1. The third-order valence-electron chi connectivity index (χ3n) is 9.31. The number of carbonyl (C=O) groups excluding carboxylic acids is 2. The number of benzene rings is 3. The summed E-state index contributed by atoms with van der Waals surface area (Å²) in [6.07, 6.45) is 1.77. The number of hydrogen-bond donors (Lipinski definition) is 5. The molecule has 5 rings (SSSR count). The first kappa shape index (κ1) is 35.2. The zero-order chi connectivity index (χ0) is 35.4. The van der Waals surface area contributed by atoms with Gasteiger partial charge in [-0.05, 0) is 111 Å². The summed E-state index contributed by atoms with van der Waals surface area (Å²) in [6, 6.07) is 16.1. The Morgan fingerprint density at radius 2 is 1.61 bits per heavy atom. The molecule has 0 saturated carbocycles. The second kappa shape index (κ2) is 15.0. The SMILES string of the molecule is CCN(c1cc(-c2ccc(NC(=O)c3cc(C(C)C)c(O)cc3O)cc2)cc(C(=O)NCc2c(C)cc(C)[nH]c2=O)c1C)C1CCOCC1. The van der Waals surface area contributed by atoms with E-state index in [2.05, 4.69) is 33.5 Å². The van der Waals surface area contributed by atoms with E-state index in [0.717, 1.165) is 53.0 Å². The van der Waals surface area contributed by atoms with Crippen LogP contribution >= 0.6 is 0 Å². The minimum atomic E-state index is -0.499. The molecule has 0 aliphatic carbocycles. The number of amides is 2. The molecule has 258 valence electrons. The molecule has 1 aliphatic rings. The smallest absolute Gasteiger partial charge is 0.259 e. The number of aromatic hydroxyl groups is 2. The number of anilines is 2. The number of aryl methyl sites for hydroxylation is 2. The van der Waals surface area contributed by atoms with Crippen molar-refractivity contribution in [3.63, 3.8) is 0 Å². The number of H-pyrrole nitrogens is 1. The molecule has 10 heteroatoms. The van der Waals surface area contributed by atoms with E-state index < -0.39 is 5.91 Å². The number of phenols is 2. The summed E-state index contributed by atoms with van der Waals surface area (Å²) in [6.45, 7) is 13.8. The van der Waals surface area contributed by atoms with Gasteiger partial charge in [-0.1, -0.05) is 26.0 Å². The fraction of sp³-hybridized carbons (Fsp3) is 0.359. The lowest BCUT2D eigenvalue weighted by molar-refractivity contribution is 0.0845. The molecule has 0 unspecified atom stereocenters. The van der Waals surface area contributed by atoms with Gasteiger partial charge in [0.1, 0.15) is 11.5 Å². The number of carbonyl (C=O) groups is 2. The van der Waals surface area contributed by atoms with E-state index in [4.69, 9.17) is 4.74 Å². The molecule has 1 aliphatic heterocycles. The fourth-order valence-corrected chi connectivity index (χ4v) is 6.57. The highest BCUT2D eigenvalue weighted by Gasteiger charge is 2.25. The number of aromatic amines is 1. The highest BCUT2D eigenvalue weighted by Crippen LogP contribution is 2.35. The summed E-state index contributed by atoms with van der Waals surface area (Å²) >= 11 is 0. The fourth-order valence-electron chi connectivity index (χ4n) is 6.57. The average Bonchev–Trinajstić information content (AvgIpc) is 3.06. The molecule has 10 nitrogen and oxygen atoms in total. The Labute approximate surface area is 287 Å². The van der Waals surface area contributed by atoms with Crippen molar-refractivity contribution < 1.29 is 24.5 Å². The molecule has 5 N–H and O–H groups in total. The molecule has 1 aromatic heterocycles. The lowest BCUT2D eigenvalue weighted by atomic mass is 9.95. The maximum absolute atomic E-state index is 13.8. The van der Waals surface area contributed by atoms with E-state index in [0.29, 0.717) is 35.6 Å². The minimum Gasteiger partial charge on any atom is -0.508 e. The van der Waals surface area contributed by atoms with Gasteiger partial charge in [0, 0.05) is 66.6 Å². The van der Waals surface area contributed by atoms with Gasteiger partial charge in [0.15, 0.2) is 0 Å². The number of phenolic OH excluding ortho intramolecular Hbond substituents is 2. The Bertz CT molecular complexity index is 1910. The van der Waals surface area contributed by atoms with Crippen molar-refractivity contribution in [2.75, 3.05) is 30.0 Å². The molecule has 49 heavy (non-hydrogen) atoms. The van der Waals surface area contributed by atoms with Crippen molar-refractivity contribution >= 4 is 23.2 Å². The second-order valence-corrected chi connectivity index (χ2v) is 13.0. The van der Waals surface area contributed by atoms with Crippen molar-refractivity contribution in [2.24, 2.45) is 0 Å². The van der Waals surface area contributed by atoms with E-state index in [1.54, 1.807) is 12.1 Å². The van der Waals surface area contributed by atoms with Gasteiger partial charge in [-0.15, -0.1) is 0 Å². The number of nitrogens with zero attached hydrogens (tertiary/aromatic N) is 1. The lowest BCUT2D eigenvalue weighted by Gasteiger charge is -2.37. The summed E-state index contributed by atoms with van der Waals surface area (Å²) in [4.78, 5) is 44.8. The Balaban J connectivity index is 1.47. The molecule has 1 saturated heterocycles. The Morgan fingerprint density at radius 3 is 2.24 bits per heavy atom. The van der Waals surface area contributed by atoms with Crippen LogP contribution in [0.4, 0.5) is 11.4 Å². The summed E-state index contributed by atoms with van der Waals surface area (Å²) < 4.78 is 5.64. The highest BCUT2D eigenvalue weighted by molar-refractivity contribution is 6.06. The number of rotatable bonds is 10. The first-order chi connectivity index (χ1) is 23.4. The predicted octanol–water partition coefficient (Wildman–Crippen LogP) is 6.69. The van der Waals surface area contributed by atoms with Crippen LogP contribution in [0.3, 0.4) is 0 Å². The van der Waals surface area contributed by atoms with Crippen LogP contribution in [0.2, 0.25) is 0 Å². The highest BCUT2D eigenvalue weighted by atomic mass is 16.5. The summed E-state index contributed by atoms with van der Waals surface area (Å²) in [7, 11) is 0. The van der Waals surface area contributed by atoms with Crippen LogP contribution in [0.5, 0.6) is 11.5 Å². The van der Waals surface area contributed by atoms with Crippen molar-refractivity contribution in [1.82, 2.24) is 10.3 Å². The first-order valence-corrected chi connectivity index (χ1v) is 16.8. The normalized spacial score (nSPS) is 13.4. The monoisotopic (exact) mass is 666 g/mol. The third kappa shape index (κ3) is 7.81. The number of ether oxygens (including phenoxy) is 1. The average molecular weight is 667 g/mol. The van der Waals surface area contributed by atoms with Gasteiger partial charge < -0.3 is 35.5 Å². The van der Waals surface area contributed by atoms with E-state index >= 15 is 0 Å².